The first kappa shape index (κ1) is 36.2. The number of carbonyl (C=O) groups is 1. The molecule has 5 rings (SSSR count). The second-order valence-electron chi connectivity index (χ2n) is 11.4. The summed E-state index contributed by atoms with van der Waals surface area (Å²) >= 11 is 0. The number of aromatic nitrogens is 2. The second-order valence-corrected chi connectivity index (χ2v) is 11.4. The van der Waals surface area contributed by atoms with Crippen molar-refractivity contribution >= 4 is 5.78 Å². The number of Topliss-reactive ketones (excluding diaryl/α,β-unsaturated/α-hetero) is 1. The molecule has 262 valence electrons. The quantitative estimate of drug-likeness (QED) is 0.0763. The first-order valence-electron chi connectivity index (χ1n) is 16.3. The van der Waals surface area contributed by atoms with Gasteiger partial charge in [0.1, 0.15) is 17.5 Å². The van der Waals surface area contributed by atoms with Crippen LogP contribution in [0.15, 0.2) is 84.9 Å². The van der Waals surface area contributed by atoms with Gasteiger partial charge < -0.3 is 34.0 Å². The fourth-order valence-corrected chi connectivity index (χ4v) is 5.61. The van der Waals surface area contributed by atoms with Crippen LogP contribution in [-0.2, 0) is 16.0 Å². The largest absolute Gasteiger partial charge is 0.493 e. The van der Waals surface area contributed by atoms with Crippen molar-refractivity contribution in [3.63, 3.8) is 0 Å². The maximum absolute atomic E-state index is 14.2. The number of benzene rings is 4. The molecule has 1 aromatic heterocycles. The summed E-state index contributed by atoms with van der Waals surface area (Å²) < 4.78 is 57.9. The van der Waals surface area contributed by atoms with E-state index in [1.165, 1.54) is 45.6 Å². The molecule has 0 saturated heterocycles. The van der Waals surface area contributed by atoms with Gasteiger partial charge in [-0.3, -0.25) is 4.79 Å². The molecule has 0 aliphatic carbocycles. The third-order valence-electron chi connectivity index (χ3n) is 8.07. The number of ketones is 1. The van der Waals surface area contributed by atoms with E-state index in [4.69, 9.17) is 34.4 Å². The van der Waals surface area contributed by atoms with E-state index in [0.29, 0.717) is 109 Å². The zero-order valence-electron chi connectivity index (χ0n) is 28.4. The van der Waals surface area contributed by atoms with Crippen LogP contribution in [0, 0.1) is 11.6 Å². The number of rotatable bonds is 18. The summed E-state index contributed by atoms with van der Waals surface area (Å²) in [7, 11) is 4.61. The molecule has 9 nitrogen and oxygen atoms in total. The molecule has 0 spiro atoms. The van der Waals surface area contributed by atoms with Crippen LogP contribution in [0.5, 0.6) is 17.2 Å². The normalized spacial score (nSPS) is 11.1. The fraction of sp³-hybridized carbons (Fsp3) is 0.282. The van der Waals surface area contributed by atoms with Crippen LogP contribution < -0.4 is 19.9 Å². The van der Waals surface area contributed by atoms with Crippen molar-refractivity contribution in [3.8, 4) is 51.2 Å². The van der Waals surface area contributed by atoms with E-state index in [1.807, 2.05) is 41.0 Å². The lowest BCUT2D eigenvalue weighted by Crippen LogP contribution is -2.12. The summed E-state index contributed by atoms with van der Waals surface area (Å²) in [5.74, 6) is 1.13. The predicted octanol–water partition coefficient (Wildman–Crippen LogP) is 7.19. The van der Waals surface area contributed by atoms with E-state index in [1.54, 1.807) is 24.3 Å². The molecule has 0 aliphatic heterocycles. The second kappa shape index (κ2) is 17.5. The van der Waals surface area contributed by atoms with Gasteiger partial charge in [-0.15, -0.1) is 0 Å². The van der Waals surface area contributed by atoms with Crippen molar-refractivity contribution in [3.05, 3.63) is 108 Å². The highest BCUT2D eigenvalue weighted by Crippen LogP contribution is 2.43. The third-order valence-corrected chi connectivity index (χ3v) is 8.07. The van der Waals surface area contributed by atoms with Crippen molar-refractivity contribution in [1.29, 1.82) is 0 Å². The van der Waals surface area contributed by atoms with E-state index in [9.17, 15) is 13.6 Å². The molecule has 0 radical (unpaired) electrons. The van der Waals surface area contributed by atoms with Gasteiger partial charge in [0.25, 0.3) is 0 Å². The number of imidazole rings is 1. The van der Waals surface area contributed by atoms with Crippen molar-refractivity contribution in [2.24, 2.45) is 5.73 Å². The molecule has 2 N–H and O–H groups in total. The SMILES string of the molecule is COc1cc(-c2nc(-c3ccc(F)cc3)c(-c3ccc(F)cc3)n2Cc2ccc(C(=O)CCCOCCOCCN)cc2)cc(OC)c1OC. The average Bonchev–Trinajstić information content (AvgIpc) is 3.51. The highest BCUT2D eigenvalue weighted by atomic mass is 19.1. The number of ether oxygens (including phenoxy) is 5. The summed E-state index contributed by atoms with van der Waals surface area (Å²) in [5, 5.41) is 0. The Morgan fingerprint density at radius 3 is 1.86 bits per heavy atom. The van der Waals surface area contributed by atoms with Gasteiger partial charge in [-0.25, -0.2) is 13.8 Å². The molecular weight excluding hydrogens is 644 g/mol. The summed E-state index contributed by atoms with van der Waals surface area (Å²) in [6.07, 6.45) is 0.948. The molecule has 5 aromatic rings. The standard InChI is InChI=1S/C39H41F2N3O6/c1-46-34-23-30(24-35(47-2)38(34)48-3)39-43-36(28-10-14-31(40)15-11-28)37(29-12-16-32(41)17-13-29)44(39)25-26-6-8-27(9-7-26)33(45)5-4-19-49-21-22-50-20-18-42/h6-17,23-24H,4-5,18-22,25,42H2,1-3H3. The number of hydrogen-bond donors (Lipinski definition) is 1. The summed E-state index contributed by atoms with van der Waals surface area (Å²) in [6.45, 7) is 2.69. The Morgan fingerprint density at radius 1 is 0.720 bits per heavy atom. The first-order chi connectivity index (χ1) is 24.4. The lowest BCUT2D eigenvalue weighted by Gasteiger charge is -2.17. The topological polar surface area (TPSA) is 107 Å². The van der Waals surface area contributed by atoms with Gasteiger partial charge in [-0.1, -0.05) is 24.3 Å². The van der Waals surface area contributed by atoms with Gasteiger partial charge in [0.05, 0.1) is 52.5 Å². The Bertz CT molecular complexity index is 1830. The maximum Gasteiger partial charge on any atom is 0.203 e. The van der Waals surface area contributed by atoms with E-state index in [2.05, 4.69) is 0 Å². The Morgan fingerprint density at radius 2 is 1.30 bits per heavy atom. The molecule has 0 bridgehead atoms. The Balaban J connectivity index is 1.52. The number of methoxy groups -OCH3 is 3. The Hall–Kier alpha value is -5.10. The molecule has 11 heteroatoms. The molecule has 1 heterocycles. The molecule has 0 saturated carbocycles. The van der Waals surface area contributed by atoms with Crippen molar-refractivity contribution in [2.45, 2.75) is 19.4 Å². The highest BCUT2D eigenvalue weighted by Gasteiger charge is 2.24. The molecule has 0 aliphatic rings. The van der Waals surface area contributed by atoms with Crippen LogP contribution >= 0.6 is 0 Å². The smallest absolute Gasteiger partial charge is 0.203 e. The van der Waals surface area contributed by atoms with E-state index in [-0.39, 0.29) is 17.4 Å². The van der Waals surface area contributed by atoms with Gasteiger partial charge in [-0.05, 0) is 72.6 Å². The molecule has 4 aromatic carbocycles. The zero-order valence-corrected chi connectivity index (χ0v) is 28.4. The highest BCUT2D eigenvalue weighted by molar-refractivity contribution is 5.96. The number of carbonyl (C=O) groups excluding carboxylic acids is 1. The minimum atomic E-state index is -0.378. The van der Waals surface area contributed by atoms with Gasteiger partial charge in [-0.2, -0.15) is 0 Å². The molecule has 0 fully saturated rings. The Kier molecular flexibility index (Phi) is 12.7. The first-order valence-corrected chi connectivity index (χ1v) is 16.3. The van der Waals surface area contributed by atoms with Crippen LogP contribution in [0.2, 0.25) is 0 Å². The minimum Gasteiger partial charge on any atom is -0.493 e. The van der Waals surface area contributed by atoms with Crippen molar-refractivity contribution < 1.29 is 37.3 Å². The molecule has 0 atom stereocenters. The summed E-state index contributed by atoms with van der Waals surface area (Å²) in [4.78, 5) is 18.1. The van der Waals surface area contributed by atoms with Crippen LogP contribution in [0.1, 0.15) is 28.8 Å². The van der Waals surface area contributed by atoms with E-state index >= 15 is 0 Å². The van der Waals surface area contributed by atoms with Gasteiger partial charge in [0.2, 0.25) is 5.75 Å². The third kappa shape index (κ3) is 8.73. The van der Waals surface area contributed by atoms with Crippen LogP contribution in [0.25, 0.3) is 33.9 Å². The van der Waals surface area contributed by atoms with Crippen LogP contribution in [0.3, 0.4) is 0 Å². The maximum atomic E-state index is 14.2. The van der Waals surface area contributed by atoms with Crippen molar-refractivity contribution in [2.75, 3.05) is 54.3 Å². The molecule has 50 heavy (non-hydrogen) atoms. The minimum absolute atomic E-state index is 0.0193. The number of nitrogens with zero attached hydrogens (tertiary/aromatic N) is 2. The number of nitrogens with two attached hydrogens (primary N) is 1. The average molecular weight is 686 g/mol. The van der Waals surface area contributed by atoms with Gasteiger partial charge in [0.15, 0.2) is 17.3 Å². The number of halogens is 2. The summed E-state index contributed by atoms with van der Waals surface area (Å²) in [5.41, 5.74) is 10.2. The van der Waals surface area contributed by atoms with E-state index < -0.39 is 0 Å². The van der Waals surface area contributed by atoms with Gasteiger partial charge >= 0.3 is 0 Å². The Labute approximate surface area is 290 Å². The molecule has 0 unspecified atom stereocenters. The van der Waals surface area contributed by atoms with Crippen molar-refractivity contribution in [1.82, 2.24) is 9.55 Å². The summed E-state index contributed by atoms with van der Waals surface area (Å²) in [6, 6.07) is 23.3. The van der Waals surface area contributed by atoms with Gasteiger partial charge in [0, 0.05) is 48.4 Å². The van der Waals surface area contributed by atoms with Crippen LogP contribution in [0.4, 0.5) is 8.78 Å². The lowest BCUT2D eigenvalue weighted by molar-refractivity contribution is 0.0489. The molecular formula is C39H41F2N3O6. The molecule has 0 amide bonds. The fourth-order valence-electron chi connectivity index (χ4n) is 5.61. The predicted molar refractivity (Wildman–Crippen MR) is 188 cm³/mol. The van der Waals surface area contributed by atoms with E-state index in [0.717, 1.165) is 5.56 Å². The van der Waals surface area contributed by atoms with Crippen LogP contribution in [-0.4, -0.2) is 69.6 Å². The monoisotopic (exact) mass is 685 g/mol. The number of hydrogen-bond acceptors (Lipinski definition) is 8. The zero-order chi connectivity index (χ0) is 35.5. The lowest BCUT2D eigenvalue weighted by atomic mass is 10.0.